The molecule has 0 saturated carbocycles. The van der Waals surface area contributed by atoms with Crippen LogP contribution in [-0.2, 0) is 24.8 Å². The molecule has 1 unspecified atom stereocenters. The molecule has 0 aromatic carbocycles. The van der Waals surface area contributed by atoms with Gasteiger partial charge in [0.15, 0.2) is 0 Å². The second-order valence-corrected chi connectivity index (χ2v) is 5.31. The van der Waals surface area contributed by atoms with Crippen LogP contribution in [0.4, 0.5) is 0 Å². The van der Waals surface area contributed by atoms with Crippen molar-refractivity contribution in [1.82, 2.24) is 20.4 Å². The van der Waals surface area contributed by atoms with Gasteiger partial charge in [-0.25, -0.2) is 0 Å². The summed E-state index contributed by atoms with van der Waals surface area (Å²) in [7, 11) is 3.60. The van der Waals surface area contributed by atoms with Gasteiger partial charge >= 0.3 is 0 Å². The standard InChI is InChI=1S/C14H26N4O/c1-6-12-11(9-18(5)17-12)8-16-13(7-10(2)3)14(19)15-4/h9-10,13,16H,6-8H2,1-5H3,(H,15,19). The molecule has 0 aliphatic carbocycles. The van der Waals surface area contributed by atoms with Crippen molar-refractivity contribution in [2.24, 2.45) is 13.0 Å². The van der Waals surface area contributed by atoms with Gasteiger partial charge in [0.2, 0.25) is 5.91 Å². The van der Waals surface area contributed by atoms with Crippen molar-refractivity contribution in [3.8, 4) is 0 Å². The minimum absolute atomic E-state index is 0.0515. The number of carbonyl (C=O) groups is 1. The summed E-state index contributed by atoms with van der Waals surface area (Å²) in [5, 5.41) is 10.5. The molecule has 1 amide bonds. The number of carbonyl (C=O) groups excluding carboxylic acids is 1. The van der Waals surface area contributed by atoms with Gasteiger partial charge in [-0.05, 0) is 18.8 Å². The number of hydrogen-bond donors (Lipinski definition) is 2. The fourth-order valence-corrected chi connectivity index (χ4v) is 2.19. The number of rotatable bonds is 7. The van der Waals surface area contributed by atoms with E-state index in [1.54, 1.807) is 7.05 Å². The predicted octanol–water partition coefficient (Wildman–Crippen LogP) is 1.23. The molecule has 19 heavy (non-hydrogen) atoms. The van der Waals surface area contributed by atoms with Gasteiger partial charge in [-0.15, -0.1) is 0 Å². The zero-order valence-corrected chi connectivity index (χ0v) is 12.7. The summed E-state index contributed by atoms with van der Waals surface area (Å²) in [6.45, 7) is 7.02. The first kappa shape index (κ1) is 15.7. The van der Waals surface area contributed by atoms with Crippen LogP contribution < -0.4 is 10.6 Å². The predicted molar refractivity (Wildman–Crippen MR) is 76.7 cm³/mol. The van der Waals surface area contributed by atoms with E-state index in [0.717, 1.165) is 18.5 Å². The third kappa shape index (κ3) is 4.67. The molecule has 108 valence electrons. The van der Waals surface area contributed by atoms with Crippen LogP contribution in [0, 0.1) is 5.92 Å². The number of hydrogen-bond acceptors (Lipinski definition) is 3. The lowest BCUT2D eigenvalue weighted by Gasteiger charge is -2.19. The molecule has 5 heteroatoms. The zero-order chi connectivity index (χ0) is 14.4. The second kappa shape index (κ2) is 7.28. The quantitative estimate of drug-likeness (QED) is 0.780. The first-order valence-electron chi connectivity index (χ1n) is 6.94. The molecule has 5 nitrogen and oxygen atoms in total. The van der Waals surface area contributed by atoms with Crippen LogP contribution in [0.1, 0.15) is 38.4 Å². The third-order valence-electron chi connectivity index (χ3n) is 3.14. The van der Waals surface area contributed by atoms with E-state index in [1.165, 1.54) is 5.56 Å². The maximum Gasteiger partial charge on any atom is 0.236 e. The number of amides is 1. The van der Waals surface area contributed by atoms with Gasteiger partial charge in [0, 0.05) is 32.4 Å². The molecule has 0 spiro atoms. The van der Waals surface area contributed by atoms with Crippen LogP contribution in [-0.4, -0.2) is 28.8 Å². The van der Waals surface area contributed by atoms with Gasteiger partial charge in [0.25, 0.3) is 0 Å². The Bertz CT molecular complexity index is 412. The molecule has 1 heterocycles. The van der Waals surface area contributed by atoms with Gasteiger partial charge in [-0.3, -0.25) is 9.48 Å². The lowest BCUT2D eigenvalue weighted by Crippen LogP contribution is -2.43. The molecular weight excluding hydrogens is 240 g/mol. The fraction of sp³-hybridized carbons (Fsp3) is 0.714. The van der Waals surface area contributed by atoms with Crippen molar-refractivity contribution < 1.29 is 4.79 Å². The topological polar surface area (TPSA) is 59.0 Å². The van der Waals surface area contributed by atoms with Gasteiger partial charge in [-0.2, -0.15) is 5.10 Å². The third-order valence-corrected chi connectivity index (χ3v) is 3.14. The second-order valence-electron chi connectivity index (χ2n) is 5.31. The van der Waals surface area contributed by atoms with E-state index in [2.05, 4.69) is 36.5 Å². The maximum absolute atomic E-state index is 11.8. The monoisotopic (exact) mass is 266 g/mol. The molecule has 0 bridgehead atoms. The molecule has 0 aliphatic rings. The molecule has 1 rings (SSSR count). The molecule has 0 radical (unpaired) electrons. The summed E-state index contributed by atoms with van der Waals surface area (Å²) in [6, 6.07) is -0.144. The smallest absolute Gasteiger partial charge is 0.236 e. The largest absolute Gasteiger partial charge is 0.358 e. The lowest BCUT2D eigenvalue weighted by atomic mass is 10.0. The number of nitrogens with one attached hydrogen (secondary N) is 2. The van der Waals surface area contributed by atoms with Crippen LogP contribution in [0.2, 0.25) is 0 Å². The van der Waals surface area contributed by atoms with Crippen LogP contribution in [0.5, 0.6) is 0 Å². The van der Waals surface area contributed by atoms with Crippen LogP contribution in [0.3, 0.4) is 0 Å². The van der Waals surface area contributed by atoms with Crippen molar-refractivity contribution in [2.75, 3.05) is 7.05 Å². The Hall–Kier alpha value is -1.36. The Morgan fingerprint density at radius 3 is 2.68 bits per heavy atom. The maximum atomic E-state index is 11.8. The lowest BCUT2D eigenvalue weighted by molar-refractivity contribution is -0.123. The van der Waals surface area contributed by atoms with Crippen LogP contribution in [0.25, 0.3) is 0 Å². The molecule has 1 aromatic heterocycles. The first-order valence-corrected chi connectivity index (χ1v) is 6.94. The van der Waals surface area contributed by atoms with Crippen molar-refractivity contribution in [3.05, 3.63) is 17.5 Å². The number of aryl methyl sites for hydroxylation is 2. The summed E-state index contributed by atoms with van der Waals surface area (Å²) in [5.41, 5.74) is 2.26. The summed E-state index contributed by atoms with van der Waals surface area (Å²) < 4.78 is 1.83. The molecule has 1 atom stereocenters. The average molecular weight is 266 g/mol. The normalized spacial score (nSPS) is 12.7. The summed E-state index contributed by atoms with van der Waals surface area (Å²) >= 11 is 0. The van der Waals surface area contributed by atoms with E-state index in [1.807, 2.05) is 17.9 Å². The fourth-order valence-electron chi connectivity index (χ4n) is 2.19. The van der Waals surface area contributed by atoms with Gasteiger partial charge in [0.1, 0.15) is 0 Å². The molecule has 2 N–H and O–H groups in total. The summed E-state index contributed by atoms with van der Waals surface area (Å²) in [6.07, 6.45) is 3.76. The van der Waals surface area contributed by atoms with E-state index in [4.69, 9.17) is 0 Å². The number of likely N-dealkylation sites (N-methyl/N-ethyl adjacent to an activating group) is 1. The Kier molecular flexibility index (Phi) is 6.02. The van der Waals surface area contributed by atoms with Crippen molar-refractivity contribution >= 4 is 5.91 Å². The molecular formula is C14H26N4O. The Morgan fingerprint density at radius 1 is 1.47 bits per heavy atom. The van der Waals surface area contributed by atoms with Crippen molar-refractivity contribution in [1.29, 1.82) is 0 Å². The number of aromatic nitrogens is 2. The van der Waals surface area contributed by atoms with Gasteiger partial charge in [0.05, 0.1) is 11.7 Å². The summed E-state index contributed by atoms with van der Waals surface area (Å²) in [4.78, 5) is 11.8. The highest BCUT2D eigenvalue weighted by molar-refractivity contribution is 5.81. The zero-order valence-electron chi connectivity index (χ0n) is 12.7. The van der Waals surface area contributed by atoms with Crippen LogP contribution in [0.15, 0.2) is 6.20 Å². The minimum Gasteiger partial charge on any atom is -0.358 e. The summed E-state index contributed by atoms with van der Waals surface area (Å²) in [5.74, 6) is 0.532. The highest BCUT2D eigenvalue weighted by Crippen LogP contribution is 2.10. The van der Waals surface area contributed by atoms with Gasteiger partial charge in [-0.1, -0.05) is 20.8 Å². The SMILES string of the molecule is CCc1nn(C)cc1CNC(CC(C)C)C(=O)NC. The van der Waals surface area contributed by atoms with E-state index >= 15 is 0 Å². The first-order chi connectivity index (χ1) is 8.97. The molecule has 0 fully saturated rings. The van der Waals surface area contributed by atoms with Crippen molar-refractivity contribution in [2.45, 2.75) is 46.2 Å². The average Bonchev–Trinajstić information content (AvgIpc) is 2.73. The van der Waals surface area contributed by atoms with Crippen LogP contribution >= 0.6 is 0 Å². The van der Waals surface area contributed by atoms with Gasteiger partial charge < -0.3 is 10.6 Å². The van der Waals surface area contributed by atoms with E-state index < -0.39 is 0 Å². The van der Waals surface area contributed by atoms with E-state index in [0.29, 0.717) is 12.5 Å². The highest BCUT2D eigenvalue weighted by atomic mass is 16.2. The van der Waals surface area contributed by atoms with E-state index in [9.17, 15) is 4.79 Å². The Labute approximate surface area is 115 Å². The van der Waals surface area contributed by atoms with E-state index in [-0.39, 0.29) is 11.9 Å². The molecule has 1 aromatic rings. The Morgan fingerprint density at radius 2 is 2.16 bits per heavy atom. The Balaban J connectivity index is 2.67. The number of nitrogens with zero attached hydrogens (tertiary/aromatic N) is 2. The highest BCUT2D eigenvalue weighted by Gasteiger charge is 2.18. The molecule has 0 saturated heterocycles. The minimum atomic E-state index is -0.144. The van der Waals surface area contributed by atoms with Crippen molar-refractivity contribution in [3.63, 3.8) is 0 Å². The molecule has 0 aliphatic heterocycles.